The second-order valence-electron chi connectivity index (χ2n) is 3.32. The van der Waals surface area contributed by atoms with Crippen molar-refractivity contribution >= 4 is 11.6 Å². The monoisotopic (exact) mass is 191 g/mol. The van der Waals surface area contributed by atoms with Crippen molar-refractivity contribution in [2.45, 2.75) is 12.8 Å². The smallest absolute Gasteiger partial charge is 0.227 e. The molecule has 1 fully saturated rings. The minimum atomic E-state index is 0.189. The molecule has 0 bridgehead atoms. The van der Waals surface area contributed by atoms with Crippen LogP contribution in [0.25, 0.3) is 0 Å². The molecule has 0 aromatic heterocycles. The fourth-order valence-corrected chi connectivity index (χ4v) is 1.76. The fourth-order valence-electron chi connectivity index (χ4n) is 1.76. The molecule has 0 saturated carbocycles. The van der Waals surface area contributed by atoms with Crippen LogP contribution >= 0.6 is 0 Å². The Balaban J connectivity index is 2.35. The molecule has 0 N–H and O–H groups in total. The SMILES string of the molecule is COc1ccccc1N1CCCC1=O. The molecule has 1 aliphatic rings. The third kappa shape index (κ3) is 1.45. The van der Waals surface area contributed by atoms with Crippen molar-refractivity contribution < 1.29 is 9.53 Å². The topological polar surface area (TPSA) is 29.5 Å². The lowest BCUT2D eigenvalue weighted by molar-refractivity contribution is -0.117. The lowest BCUT2D eigenvalue weighted by atomic mass is 10.2. The molecule has 1 aromatic rings. The maximum absolute atomic E-state index is 11.5. The van der Waals surface area contributed by atoms with E-state index in [-0.39, 0.29) is 5.91 Å². The molecular formula is C11H13NO2. The average molecular weight is 191 g/mol. The number of hydrogen-bond donors (Lipinski definition) is 0. The van der Waals surface area contributed by atoms with Crippen LogP contribution in [-0.2, 0) is 4.79 Å². The van der Waals surface area contributed by atoms with Crippen molar-refractivity contribution in [2.24, 2.45) is 0 Å². The van der Waals surface area contributed by atoms with Crippen molar-refractivity contribution in [2.75, 3.05) is 18.6 Å². The average Bonchev–Trinajstić information content (AvgIpc) is 2.64. The molecule has 1 heterocycles. The van der Waals surface area contributed by atoms with Crippen molar-refractivity contribution in [1.82, 2.24) is 0 Å². The van der Waals surface area contributed by atoms with Crippen molar-refractivity contribution in [3.8, 4) is 5.75 Å². The van der Waals surface area contributed by atoms with Crippen LogP contribution in [0.3, 0.4) is 0 Å². The summed E-state index contributed by atoms with van der Waals surface area (Å²) in [5, 5.41) is 0. The summed E-state index contributed by atoms with van der Waals surface area (Å²) in [6.45, 7) is 0.805. The maximum atomic E-state index is 11.5. The lowest BCUT2D eigenvalue weighted by Gasteiger charge is -2.18. The summed E-state index contributed by atoms with van der Waals surface area (Å²) in [7, 11) is 1.62. The minimum Gasteiger partial charge on any atom is -0.495 e. The first-order valence-electron chi connectivity index (χ1n) is 4.76. The van der Waals surface area contributed by atoms with Gasteiger partial charge in [0.25, 0.3) is 0 Å². The molecule has 1 amide bonds. The third-order valence-electron chi connectivity index (χ3n) is 2.45. The van der Waals surface area contributed by atoms with Gasteiger partial charge in [0.15, 0.2) is 0 Å². The van der Waals surface area contributed by atoms with E-state index >= 15 is 0 Å². The lowest BCUT2D eigenvalue weighted by Crippen LogP contribution is -2.24. The number of benzene rings is 1. The first kappa shape index (κ1) is 9.06. The number of carbonyl (C=O) groups is 1. The summed E-state index contributed by atoms with van der Waals surface area (Å²) in [5.41, 5.74) is 0.887. The Labute approximate surface area is 83.3 Å². The van der Waals surface area contributed by atoms with E-state index < -0.39 is 0 Å². The molecule has 0 spiro atoms. The summed E-state index contributed by atoms with van der Waals surface area (Å²) in [5.74, 6) is 0.956. The van der Waals surface area contributed by atoms with E-state index in [4.69, 9.17) is 4.74 Å². The highest BCUT2D eigenvalue weighted by Crippen LogP contribution is 2.30. The number of ether oxygens (including phenoxy) is 1. The standard InChI is InChI=1S/C11H13NO2/c1-14-10-6-3-2-5-9(10)12-8-4-7-11(12)13/h2-3,5-6H,4,7-8H2,1H3. The van der Waals surface area contributed by atoms with E-state index in [1.807, 2.05) is 24.3 Å². The third-order valence-corrected chi connectivity index (χ3v) is 2.45. The van der Waals surface area contributed by atoms with E-state index in [0.717, 1.165) is 24.4 Å². The number of rotatable bonds is 2. The highest BCUT2D eigenvalue weighted by molar-refractivity contribution is 5.96. The first-order chi connectivity index (χ1) is 6.83. The Kier molecular flexibility index (Phi) is 2.39. The second-order valence-corrected chi connectivity index (χ2v) is 3.32. The Bertz CT molecular complexity index is 349. The normalized spacial score (nSPS) is 16.1. The van der Waals surface area contributed by atoms with Gasteiger partial charge in [-0.05, 0) is 18.6 Å². The van der Waals surface area contributed by atoms with Crippen LogP contribution in [0.15, 0.2) is 24.3 Å². The molecule has 1 aliphatic heterocycles. The van der Waals surface area contributed by atoms with Crippen LogP contribution in [0, 0.1) is 0 Å². The zero-order valence-corrected chi connectivity index (χ0v) is 8.19. The fraction of sp³-hybridized carbons (Fsp3) is 0.364. The molecule has 0 unspecified atom stereocenters. The van der Waals surface area contributed by atoms with Crippen LogP contribution in [-0.4, -0.2) is 19.6 Å². The molecule has 74 valence electrons. The van der Waals surface area contributed by atoms with Gasteiger partial charge in [0, 0.05) is 13.0 Å². The molecule has 3 heteroatoms. The van der Waals surface area contributed by atoms with E-state index in [1.165, 1.54) is 0 Å². The summed E-state index contributed by atoms with van der Waals surface area (Å²) < 4.78 is 5.21. The van der Waals surface area contributed by atoms with E-state index in [9.17, 15) is 4.79 Å². The van der Waals surface area contributed by atoms with Gasteiger partial charge in [0.2, 0.25) is 5.91 Å². The molecule has 1 aromatic carbocycles. The van der Waals surface area contributed by atoms with E-state index in [1.54, 1.807) is 12.0 Å². The van der Waals surface area contributed by atoms with E-state index in [0.29, 0.717) is 6.42 Å². The predicted octanol–water partition coefficient (Wildman–Crippen LogP) is 1.82. The van der Waals surface area contributed by atoms with Crippen molar-refractivity contribution in [3.63, 3.8) is 0 Å². The molecule has 0 radical (unpaired) electrons. The Morgan fingerprint density at radius 2 is 2.14 bits per heavy atom. The quantitative estimate of drug-likeness (QED) is 0.713. The van der Waals surface area contributed by atoms with E-state index in [2.05, 4.69) is 0 Å². The van der Waals surface area contributed by atoms with Gasteiger partial charge in [-0.2, -0.15) is 0 Å². The predicted molar refractivity (Wildman–Crippen MR) is 54.6 cm³/mol. The molecule has 3 nitrogen and oxygen atoms in total. The second kappa shape index (κ2) is 3.70. The van der Waals surface area contributed by atoms with Crippen LogP contribution in [0.4, 0.5) is 5.69 Å². The number of amides is 1. The summed E-state index contributed by atoms with van der Waals surface area (Å²) >= 11 is 0. The van der Waals surface area contributed by atoms with Crippen LogP contribution < -0.4 is 9.64 Å². The molecule has 0 aliphatic carbocycles. The van der Waals surface area contributed by atoms with Gasteiger partial charge in [-0.15, -0.1) is 0 Å². The zero-order valence-electron chi connectivity index (χ0n) is 8.19. The largest absolute Gasteiger partial charge is 0.495 e. The molecule has 0 atom stereocenters. The van der Waals surface area contributed by atoms with Crippen LogP contribution in [0.1, 0.15) is 12.8 Å². The number of hydrogen-bond acceptors (Lipinski definition) is 2. The number of nitrogens with zero attached hydrogens (tertiary/aromatic N) is 1. The summed E-state index contributed by atoms with van der Waals surface area (Å²) in [4.78, 5) is 13.3. The molecule has 2 rings (SSSR count). The van der Waals surface area contributed by atoms with Crippen LogP contribution in [0.5, 0.6) is 5.75 Å². The summed E-state index contributed by atoms with van der Waals surface area (Å²) in [6, 6.07) is 7.62. The highest BCUT2D eigenvalue weighted by atomic mass is 16.5. The number of para-hydroxylation sites is 2. The molecule has 14 heavy (non-hydrogen) atoms. The Morgan fingerprint density at radius 3 is 2.79 bits per heavy atom. The van der Waals surface area contributed by atoms with Gasteiger partial charge >= 0.3 is 0 Å². The maximum Gasteiger partial charge on any atom is 0.227 e. The molecular weight excluding hydrogens is 178 g/mol. The first-order valence-corrected chi connectivity index (χ1v) is 4.76. The number of carbonyl (C=O) groups excluding carboxylic acids is 1. The number of methoxy groups -OCH3 is 1. The Morgan fingerprint density at radius 1 is 1.36 bits per heavy atom. The number of anilines is 1. The van der Waals surface area contributed by atoms with Crippen molar-refractivity contribution in [3.05, 3.63) is 24.3 Å². The zero-order chi connectivity index (χ0) is 9.97. The summed E-state index contributed by atoms with van der Waals surface area (Å²) in [6.07, 6.45) is 1.59. The van der Waals surface area contributed by atoms with Gasteiger partial charge < -0.3 is 9.64 Å². The highest BCUT2D eigenvalue weighted by Gasteiger charge is 2.23. The van der Waals surface area contributed by atoms with Gasteiger partial charge in [0.05, 0.1) is 12.8 Å². The van der Waals surface area contributed by atoms with Gasteiger partial charge in [-0.3, -0.25) is 4.79 Å². The minimum absolute atomic E-state index is 0.189. The Hall–Kier alpha value is -1.51. The van der Waals surface area contributed by atoms with Gasteiger partial charge in [0.1, 0.15) is 5.75 Å². The van der Waals surface area contributed by atoms with Gasteiger partial charge in [-0.25, -0.2) is 0 Å². The van der Waals surface area contributed by atoms with Crippen molar-refractivity contribution in [1.29, 1.82) is 0 Å². The van der Waals surface area contributed by atoms with Gasteiger partial charge in [-0.1, -0.05) is 12.1 Å². The van der Waals surface area contributed by atoms with Crippen LogP contribution in [0.2, 0.25) is 0 Å². The molecule has 1 saturated heterocycles.